The molecule has 0 spiro atoms. The monoisotopic (exact) mass is 275 g/mol. The van der Waals surface area contributed by atoms with Gasteiger partial charge >= 0.3 is 0 Å². The highest BCUT2D eigenvalue weighted by molar-refractivity contribution is 9.10. The molecule has 1 rings (SSSR count). The zero-order valence-electron chi connectivity index (χ0n) is 8.33. The third-order valence-corrected chi connectivity index (χ3v) is 3.22. The van der Waals surface area contributed by atoms with Crippen LogP contribution in [0.25, 0.3) is 0 Å². The van der Waals surface area contributed by atoms with Crippen LogP contribution in [0.3, 0.4) is 0 Å². The topological polar surface area (TPSA) is 37.8 Å². The largest absolute Gasteiger partial charge is 0.369 e. The van der Waals surface area contributed by atoms with Crippen LogP contribution in [0, 0.1) is 5.92 Å². The number of hydrogen-bond acceptors (Lipinski definition) is 4. The molecule has 0 aliphatic carbocycles. The Bertz CT molecular complexity index is 283. The Morgan fingerprint density at radius 1 is 1.64 bits per heavy atom. The summed E-state index contributed by atoms with van der Waals surface area (Å²) in [6.45, 7) is 3.16. The number of hydrogen-bond donors (Lipinski definition) is 1. The summed E-state index contributed by atoms with van der Waals surface area (Å²) < 4.78 is 0.913. The lowest BCUT2D eigenvalue weighted by Gasteiger charge is -2.11. The minimum absolute atomic E-state index is 0.645. The van der Waals surface area contributed by atoms with Crippen LogP contribution in [-0.4, -0.2) is 28.5 Å². The van der Waals surface area contributed by atoms with Gasteiger partial charge in [-0.05, 0) is 33.9 Å². The molecule has 0 saturated heterocycles. The summed E-state index contributed by atoms with van der Waals surface area (Å²) >= 11 is 5.26. The van der Waals surface area contributed by atoms with Crippen molar-refractivity contribution in [3.05, 3.63) is 17.0 Å². The molecule has 0 saturated carbocycles. The average molecular weight is 276 g/mol. The minimum atomic E-state index is 0.645. The number of anilines is 1. The van der Waals surface area contributed by atoms with Gasteiger partial charge in [0.05, 0.1) is 4.47 Å². The highest BCUT2D eigenvalue weighted by Gasteiger charge is 2.03. The van der Waals surface area contributed by atoms with Gasteiger partial charge in [-0.2, -0.15) is 11.8 Å². The molecular weight excluding hydrogens is 262 g/mol. The Morgan fingerprint density at radius 2 is 2.43 bits per heavy atom. The SMILES string of the molecule is CSCC(C)CNc1ncncc1Br. The summed E-state index contributed by atoms with van der Waals surface area (Å²) in [5, 5.41) is 3.29. The van der Waals surface area contributed by atoms with E-state index in [1.807, 2.05) is 11.8 Å². The summed E-state index contributed by atoms with van der Waals surface area (Å²) in [7, 11) is 0. The molecule has 3 nitrogen and oxygen atoms in total. The molecular formula is C9H14BrN3S. The molecule has 0 radical (unpaired) electrons. The van der Waals surface area contributed by atoms with Gasteiger partial charge in [0, 0.05) is 12.7 Å². The van der Waals surface area contributed by atoms with Crippen molar-refractivity contribution in [3.63, 3.8) is 0 Å². The first-order chi connectivity index (χ1) is 6.74. The highest BCUT2D eigenvalue weighted by Crippen LogP contribution is 2.17. The Hall–Kier alpha value is -0.290. The fourth-order valence-electron chi connectivity index (χ4n) is 1.06. The van der Waals surface area contributed by atoms with E-state index >= 15 is 0 Å². The second kappa shape index (κ2) is 6.24. The van der Waals surface area contributed by atoms with E-state index in [2.05, 4.69) is 44.4 Å². The Kier molecular flexibility index (Phi) is 5.25. The van der Waals surface area contributed by atoms with Crippen LogP contribution in [0.4, 0.5) is 5.82 Å². The summed E-state index contributed by atoms with van der Waals surface area (Å²) in [5.41, 5.74) is 0. The van der Waals surface area contributed by atoms with Gasteiger partial charge in [0.1, 0.15) is 12.1 Å². The summed E-state index contributed by atoms with van der Waals surface area (Å²) in [6, 6.07) is 0. The molecule has 1 heterocycles. The van der Waals surface area contributed by atoms with E-state index < -0.39 is 0 Å². The number of aromatic nitrogens is 2. The number of thioether (sulfide) groups is 1. The molecule has 14 heavy (non-hydrogen) atoms. The van der Waals surface area contributed by atoms with Crippen molar-refractivity contribution in [1.82, 2.24) is 9.97 Å². The van der Waals surface area contributed by atoms with E-state index in [9.17, 15) is 0 Å². The molecule has 0 bridgehead atoms. The molecule has 1 aromatic rings. The van der Waals surface area contributed by atoms with Crippen molar-refractivity contribution in [2.75, 3.05) is 23.9 Å². The first-order valence-corrected chi connectivity index (χ1v) is 6.61. The van der Waals surface area contributed by atoms with Crippen LogP contribution in [0.2, 0.25) is 0 Å². The lowest BCUT2D eigenvalue weighted by atomic mass is 10.2. The summed E-state index contributed by atoms with van der Waals surface area (Å²) in [5.74, 6) is 2.68. The first-order valence-electron chi connectivity index (χ1n) is 4.42. The van der Waals surface area contributed by atoms with E-state index in [-0.39, 0.29) is 0 Å². The lowest BCUT2D eigenvalue weighted by molar-refractivity contribution is 0.699. The standard InChI is InChI=1S/C9H14BrN3S/c1-7(5-14-2)3-12-9-8(10)4-11-6-13-9/h4,6-7H,3,5H2,1-2H3,(H,11,12,13). The molecule has 0 aliphatic heterocycles. The van der Waals surface area contributed by atoms with Crippen LogP contribution < -0.4 is 5.32 Å². The Morgan fingerprint density at radius 3 is 3.07 bits per heavy atom. The maximum Gasteiger partial charge on any atom is 0.143 e. The van der Waals surface area contributed by atoms with E-state index in [1.165, 1.54) is 0 Å². The smallest absolute Gasteiger partial charge is 0.143 e. The van der Waals surface area contributed by atoms with Crippen LogP contribution in [-0.2, 0) is 0 Å². The van der Waals surface area contributed by atoms with Gasteiger partial charge in [0.2, 0.25) is 0 Å². The van der Waals surface area contributed by atoms with E-state index in [4.69, 9.17) is 0 Å². The molecule has 1 atom stereocenters. The van der Waals surface area contributed by atoms with Gasteiger partial charge in [-0.25, -0.2) is 9.97 Å². The minimum Gasteiger partial charge on any atom is -0.369 e. The predicted octanol–water partition coefficient (Wildman–Crippen LogP) is 2.65. The normalized spacial score (nSPS) is 12.5. The number of halogens is 1. The molecule has 1 aromatic heterocycles. The number of nitrogens with one attached hydrogen (secondary N) is 1. The molecule has 1 unspecified atom stereocenters. The van der Waals surface area contributed by atoms with Crippen molar-refractivity contribution in [2.45, 2.75) is 6.92 Å². The second-order valence-corrected chi connectivity index (χ2v) is 4.93. The Labute approximate surface area is 97.2 Å². The molecule has 0 aliphatic rings. The maximum absolute atomic E-state index is 4.13. The third-order valence-electron chi connectivity index (χ3n) is 1.74. The average Bonchev–Trinajstić information content (AvgIpc) is 2.17. The summed E-state index contributed by atoms with van der Waals surface area (Å²) in [4.78, 5) is 8.04. The van der Waals surface area contributed by atoms with Crippen molar-refractivity contribution >= 4 is 33.5 Å². The van der Waals surface area contributed by atoms with Gasteiger partial charge in [-0.1, -0.05) is 6.92 Å². The van der Waals surface area contributed by atoms with Gasteiger partial charge in [-0.15, -0.1) is 0 Å². The molecule has 5 heteroatoms. The molecule has 0 fully saturated rings. The van der Waals surface area contributed by atoms with Gasteiger partial charge in [-0.3, -0.25) is 0 Å². The van der Waals surface area contributed by atoms with Crippen LogP contribution >= 0.6 is 27.7 Å². The van der Waals surface area contributed by atoms with E-state index in [0.29, 0.717) is 5.92 Å². The molecule has 78 valence electrons. The molecule has 1 N–H and O–H groups in total. The molecule has 0 amide bonds. The van der Waals surface area contributed by atoms with Crippen LogP contribution in [0.15, 0.2) is 17.0 Å². The first kappa shape index (κ1) is 11.8. The number of nitrogens with zero attached hydrogens (tertiary/aromatic N) is 2. The van der Waals surface area contributed by atoms with Crippen molar-refractivity contribution < 1.29 is 0 Å². The van der Waals surface area contributed by atoms with Gasteiger partial charge < -0.3 is 5.32 Å². The lowest BCUT2D eigenvalue weighted by Crippen LogP contribution is -2.14. The van der Waals surface area contributed by atoms with Gasteiger partial charge in [0.25, 0.3) is 0 Å². The summed E-state index contributed by atoms with van der Waals surface area (Å²) in [6.07, 6.45) is 5.41. The quantitative estimate of drug-likeness (QED) is 0.897. The number of rotatable bonds is 5. The van der Waals surface area contributed by atoms with Gasteiger partial charge in [0.15, 0.2) is 0 Å². The maximum atomic E-state index is 4.13. The van der Waals surface area contributed by atoms with Crippen molar-refractivity contribution in [1.29, 1.82) is 0 Å². The van der Waals surface area contributed by atoms with E-state index in [0.717, 1.165) is 22.6 Å². The van der Waals surface area contributed by atoms with E-state index in [1.54, 1.807) is 12.5 Å². The fourth-order valence-corrected chi connectivity index (χ4v) is 2.10. The molecule has 0 aromatic carbocycles. The van der Waals surface area contributed by atoms with Crippen LogP contribution in [0.5, 0.6) is 0 Å². The predicted molar refractivity (Wildman–Crippen MR) is 65.8 cm³/mol. The Balaban J connectivity index is 2.41. The zero-order valence-corrected chi connectivity index (χ0v) is 10.7. The zero-order chi connectivity index (χ0) is 10.4. The van der Waals surface area contributed by atoms with Crippen molar-refractivity contribution in [2.24, 2.45) is 5.92 Å². The fraction of sp³-hybridized carbons (Fsp3) is 0.556. The van der Waals surface area contributed by atoms with Crippen LogP contribution in [0.1, 0.15) is 6.92 Å². The van der Waals surface area contributed by atoms with Crippen molar-refractivity contribution in [3.8, 4) is 0 Å². The second-order valence-electron chi connectivity index (χ2n) is 3.16. The third kappa shape index (κ3) is 3.84. The highest BCUT2D eigenvalue weighted by atomic mass is 79.9.